The zero-order chi connectivity index (χ0) is 20.3. The number of hydrogen-bond acceptors (Lipinski definition) is 6. The van der Waals surface area contributed by atoms with Crippen LogP contribution in [0.5, 0.6) is 0 Å². The number of fused-ring (bicyclic) bond motifs is 1. The van der Waals surface area contributed by atoms with E-state index in [-0.39, 0.29) is 12.2 Å². The lowest BCUT2D eigenvalue weighted by Gasteiger charge is -2.28. The van der Waals surface area contributed by atoms with E-state index in [1.54, 1.807) is 32.1 Å². The highest BCUT2D eigenvalue weighted by Gasteiger charge is 2.36. The van der Waals surface area contributed by atoms with Gasteiger partial charge in [-0.05, 0) is 31.5 Å². The number of ether oxygens (including phenoxy) is 1. The molecule has 1 aliphatic heterocycles. The number of aromatic amines is 1. The SMILES string of the molecule is C=CCSc1nc2c(c(=O)[nH]1)[C@H](c1ccc(F)cc1)C(C(=O)OCC)=C(C)N2. The van der Waals surface area contributed by atoms with E-state index in [0.717, 1.165) is 0 Å². The van der Waals surface area contributed by atoms with E-state index >= 15 is 0 Å². The van der Waals surface area contributed by atoms with Crippen molar-refractivity contribution in [2.75, 3.05) is 17.7 Å². The van der Waals surface area contributed by atoms with Crippen molar-refractivity contribution in [3.8, 4) is 0 Å². The molecule has 8 heteroatoms. The van der Waals surface area contributed by atoms with Crippen LogP contribution in [0.4, 0.5) is 10.2 Å². The first-order chi connectivity index (χ1) is 13.5. The number of nitrogens with zero attached hydrogens (tertiary/aromatic N) is 1. The second-order valence-corrected chi connectivity index (χ2v) is 7.11. The summed E-state index contributed by atoms with van der Waals surface area (Å²) in [6.07, 6.45) is 1.71. The molecule has 2 aromatic rings. The van der Waals surface area contributed by atoms with Crippen molar-refractivity contribution >= 4 is 23.5 Å². The Morgan fingerprint density at radius 3 is 2.75 bits per heavy atom. The van der Waals surface area contributed by atoms with Gasteiger partial charge in [0, 0.05) is 11.4 Å². The molecular formula is C20H20FN3O3S. The Kier molecular flexibility index (Phi) is 5.99. The maximum Gasteiger partial charge on any atom is 0.336 e. The van der Waals surface area contributed by atoms with Gasteiger partial charge in [-0.2, -0.15) is 0 Å². The molecule has 6 nitrogen and oxygen atoms in total. The number of aromatic nitrogens is 2. The van der Waals surface area contributed by atoms with Crippen molar-refractivity contribution in [2.24, 2.45) is 0 Å². The first-order valence-corrected chi connectivity index (χ1v) is 9.73. The van der Waals surface area contributed by atoms with Gasteiger partial charge in [0.25, 0.3) is 5.56 Å². The summed E-state index contributed by atoms with van der Waals surface area (Å²) in [4.78, 5) is 32.8. The number of nitrogens with one attached hydrogen (secondary N) is 2. The minimum absolute atomic E-state index is 0.199. The molecule has 146 valence electrons. The van der Waals surface area contributed by atoms with Crippen LogP contribution in [-0.4, -0.2) is 28.3 Å². The fraction of sp³-hybridized carbons (Fsp3) is 0.250. The van der Waals surface area contributed by atoms with Gasteiger partial charge in [-0.3, -0.25) is 4.79 Å². The number of halogens is 1. The molecule has 2 N–H and O–H groups in total. The Bertz CT molecular complexity index is 999. The Morgan fingerprint density at radius 2 is 2.11 bits per heavy atom. The fourth-order valence-corrected chi connectivity index (χ4v) is 3.70. The molecule has 1 atom stereocenters. The van der Waals surface area contributed by atoms with Gasteiger partial charge in [-0.1, -0.05) is 30.0 Å². The topological polar surface area (TPSA) is 84.1 Å². The molecule has 0 unspecified atom stereocenters. The lowest BCUT2D eigenvalue weighted by molar-refractivity contribution is -0.138. The number of hydrogen-bond donors (Lipinski definition) is 2. The minimum Gasteiger partial charge on any atom is -0.463 e. The molecule has 0 aliphatic carbocycles. The average molecular weight is 401 g/mol. The maximum absolute atomic E-state index is 13.4. The molecule has 1 aromatic heterocycles. The van der Waals surface area contributed by atoms with Gasteiger partial charge in [0.2, 0.25) is 0 Å². The Labute approximate surface area is 165 Å². The molecule has 0 saturated carbocycles. The summed E-state index contributed by atoms with van der Waals surface area (Å²) in [6, 6.07) is 5.71. The normalized spacial score (nSPS) is 15.6. The van der Waals surface area contributed by atoms with E-state index in [0.29, 0.717) is 39.1 Å². The summed E-state index contributed by atoms with van der Waals surface area (Å²) in [5, 5.41) is 3.50. The summed E-state index contributed by atoms with van der Waals surface area (Å²) in [5.41, 5.74) is 1.37. The predicted octanol–water partition coefficient (Wildman–Crippen LogP) is 3.58. The lowest BCUT2D eigenvalue weighted by Crippen LogP contribution is -2.31. The van der Waals surface area contributed by atoms with Crippen LogP contribution >= 0.6 is 11.8 Å². The van der Waals surface area contributed by atoms with Crippen molar-refractivity contribution in [3.63, 3.8) is 0 Å². The van der Waals surface area contributed by atoms with E-state index in [9.17, 15) is 14.0 Å². The second kappa shape index (κ2) is 8.43. The number of benzene rings is 1. The zero-order valence-electron chi connectivity index (χ0n) is 15.5. The summed E-state index contributed by atoms with van der Waals surface area (Å²) in [6.45, 7) is 7.29. The van der Waals surface area contributed by atoms with Gasteiger partial charge in [-0.15, -0.1) is 6.58 Å². The third-order valence-corrected chi connectivity index (χ3v) is 5.13. The molecule has 1 aromatic carbocycles. The number of H-pyrrole nitrogens is 1. The van der Waals surface area contributed by atoms with Crippen molar-refractivity contribution in [1.82, 2.24) is 9.97 Å². The average Bonchev–Trinajstić information content (AvgIpc) is 2.66. The van der Waals surface area contributed by atoms with Crippen molar-refractivity contribution in [2.45, 2.75) is 24.9 Å². The predicted molar refractivity (Wildman–Crippen MR) is 107 cm³/mol. The highest BCUT2D eigenvalue weighted by atomic mass is 32.2. The number of carbonyl (C=O) groups excluding carboxylic acids is 1. The van der Waals surface area contributed by atoms with Crippen molar-refractivity contribution < 1.29 is 13.9 Å². The fourth-order valence-electron chi connectivity index (χ4n) is 3.11. The molecule has 0 amide bonds. The maximum atomic E-state index is 13.4. The highest BCUT2D eigenvalue weighted by molar-refractivity contribution is 7.99. The molecule has 0 saturated heterocycles. The summed E-state index contributed by atoms with van der Waals surface area (Å²) in [5.74, 6) is -0.691. The largest absolute Gasteiger partial charge is 0.463 e. The van der Waals surface area contributed by atoms with E-state index in [1.807, 2.05) is 0 Å². The Balaban J connectivity index is 2.19. The molecule has 28 heavy (non-hydrogen) atoms. The molecule has 2 heterocycles. The number of anilines is 1. The molecule has 1 aliphatic rings. The number of allylic oxidation sites excluding steroid dienone is 1. The van der Waals surface area contributed by atoms with Crippen LogP contribution in [0, 0.1) is 5.82 Å². The summed E-state index contributed by atoms with van der Waals surface area (Å²) < 4.78 is 18.6. The molecule has 0 bridgehead atoms. The van der Waals surface area contributed by atoms with Gasteiger partial charge in [-0.25, -0.2) is 14.2 Å². The second-order valence-electron chi connectivity index (χ2n) is 6.10. The lowest BCUT2D eigenvalue weighted by atomic mass is 9.82. The van der Waals surface area contributed by atoms with Crippen LogP contribution in [-0.2, 0) is 9.53 Å². The van der Waals surface area contributed by atoms with Crippen LogP contribution in [0.2, 0.25) is 0 Å². The number of thioether (sulfide) groups is 1. The summed E-state index contributed by atoms with van der Waals surface area (Å²) >= 11 is 1.34. The van der Waals surface area contributed by atoms with Crippen LogP contribution in [0.25, 0.3) is 0 Å². The van der Waals surface area contributed by atoms with E-state index < -0.39 is 17.7 Å². The van der Waals surface area contributed by atoms with Crippen LogP contribution < -0.4 is 10.9 Å². The first kappa shape index (κ1) is 19.9. The van der Waals surface area contributed by atoms with Crippen LogP contribution in [0.15, 0.2) is 58.1 Å². The van der Waals surface area contributed by atoms with E-state index in [2.05, 4.69) is 21.9 Å². The third kappa shape index (κ3) is 3.87. The quantitative estimate of drug-likeness (QED) is 0.333. The highest BCUT2D eigenvalue weighted by Crippen LogP contribution is 2.40. The molecule has 0 fully saturated rings. The van der Waals surface area contributed by atoms with Gasteiger partial charge in [0.1, 0.15) is 11.6 Å². The number of esters is 1. The van der Waals surface area contributed by atoms with E-state index in [1.165, 1.54) is 23.9 Å². The molecule has 0 spiro atoms. The van der Waals surface area contributed by atoms with Gasteiger partial charge >= 0.3 is 5.97 Å². The molecular weight excluding hydrogens is 381 g/mol. The Hall–Kier alpha value is -2.87. The zero-order valence-corrected chi connectivity index (χ0v) is 16.4. The van der Waals surface area contributed by atoms with Gasteiger partial charge in [0.15, 0.2) is 5.16 Å². The smallest absolute Gasteiger partial charge is 0.336 e. The first-order valence-electron chi connectivity index (χ1n) is 8.74. The standard InChI is InChI=1S/C20H20FN3O3S/c1-4-10-28-20-23-17-16(18(25)24-20)15(12-6-8-13(21)9-7-12)14(11(3)22-17)19(26)27-5-2/h4,6-9,15H,1,5,10H2,2-3H3,(H2,22,23,24,25)/t15-/m1/s1. The van der Waals surface area contributed by atoms with Crippen LogP contribution in [0.1, 0.15) is 30.9 Å². The third-order valence-electron chi connectivity index (χ3n) is 4.26. The van der Waals surface area contributed by atoms with E-state index in [4.69, 9.17) is 4.74 Å². The summed E-state index contributed by atoms with van der Waals surface area (Å²) in [7, 11) is 0. The van der Waals surface area contributed by atoms with Crippen molar-refractivity contribution in [3.05, 3.63) is 75.5 Å². The van der Waals surface area contributed by atoms with Crippen LogP contribution in [0.3, 0.4) is 0 Å². The Morgan fingerprint density at radius 1 is 1.39 bits per heavy atom. The monoisotopic (exact) mass is 401 g/mol. The van der Waals surface area contributed by atoms with Gasteiger partial charge < -0.3 is 15.0 Å². The molecule has 3 rings (SSSR count). The van der Waals surface area contributed by atoms with Gasteiger partial charge in [0.05, 0.1) is 23.7 Å². The minimum atomic E-state index is -0.717. The molecule has 0 radical (unpaired) electrons. The number of carbonyl (C=O) groups is 1. The number of rotatable bonds is 6. The van der Waals surface area contributed by atoms with Crippen molar-refractivity contribution in [1.29, 1.82) is 0 Å².